The van der Waals surface area contributed by atoms with Gasteiger partial charge in [-0.1, -0.05) is 6.58 Å². The van der Waals surface area contributed by atoms with E-state index in [1.54, 1.807) is 0 Å². The van der Waals surface area contributed by atoms with Crippen LogP contribution in [0.1, 0.15) is 19.8 Å². The molecule has 0 aromatic heterocycles. The first kappa shape index (κ1) is 24.4. The summed E-state index contributed by atoms with van der Waals surface area (Å²) in [6, 6.07) is 0. The molecule has 0 bridgehead atoms. The van der Waals surface area contributed by atoms with E-state index >= 15 is 0 Å². The third-order valence-corrected chi connectivity index (χ3v) is 3.41. The van der Waals surface area contributed by atoms with Crippen molar-refractivity contribution in [2.75, 3.05) is 0 Å². The minimum atomic E-state index is -7.49. The lowest BCUT2D eigenvalue weighted by atomic mass is 9.86. The van der Waals surface area contributed by atoms with Crippen LogP contribution in [-0.2, 0) is 4.79 Å². The number of carboxylic acid groups (broad SMARTS) is 1. The first-order chi connectivity index (χ1) is 11.1. The van der Waals surface area contributed by atoms with E-state index in [2.05, 4.69) is 6.58 Å². The van der Waals surface area contributed by atoms with Crippen LogP contribution in [0.2, 0.25) is 0 Å². The molecule has 0 fully saturated rings. The molecule has 0 aromatic carbocycles. The number of rotatable bonds is 8. The molecule has 0 heterocycles. The molecule has 0 saturated carbocycles. The second-order valence-electron chi connectivity index (χ2n) is 5.34. The highest BCUT2D eigenvalue weighted by Gasteiger charge is 2.87. The maximum absolute atomic E-state index is 13.4. The largest absolute Gasteiger partial charge is 0.478 e. The number of hydrogen-bond donors (Lipinski definition) is 1. The predicted molar refractivity (Wildman–Crippen MR) is 61.4 cm³/mol. The van der Waals surface area contributed by atoms with E-state index in [1.807, 2.05) is 0 Å². The third-order valence-electron chi connectivity index (χ3n) is 3.41. The average molecular weight is 414 g/mol. The normalized spacial score (nSPS) is 17.0. The summed E-state index contributed by atoms with van der Waals surface area (Å²) in [5, 5.41) is 8.29. The van der Waals surface area contributed by atoms with Gasteiger partial charge in [0.05, 0.1) is 0 Å². The fourth-order valence-corrected chi connectivity index (χ4v) is 1.47. The van der Waals surface area contributed by atoms with Crippen LogP contribution in [0.15, 0.2) is 12.2 Å². The van der Waals surface area contributed by atoms with Crippen molar-refractivity contribution in [3.63, 3.8) is 0 Å². The van der Waals surface area contributed by atoms with Crippen LogP contribution in [0.5, 0.6) is 0 Å². The molecule has 0 rings (SSSR count). The van der Waals surface area contributed by atoms with Crippen molar-refractivity contribution in [3.05, 3.63) is 12.2 Å². The van der Waals surface area contributed by atoms with E-state index in [0.29, 0.717) is 0 Å². The Bertz CT molecular complexity index is 561. The predicted octanol–water partition coefficient (Wildman–Crippen LogP) is 5.24. The van der Waals surface area contributed by atoms with Gasteiger partial charge in [0.2, 0.25) is 0 Å². The molecule has 0 radical (unpaired) electrons. The summed E-state index contributed by atoms with van der Waals surface area (Å²) in [6.07, 6.45) is -10.9. The number of alkyl halides is 12. The Morgan fingerprint density at radius 1 is 0.808 bits per heavy atom. The maximum atomic E-state index is 13.4. The molecule has 1 N–H and O–H groups in total. The molecule has 0 aliphatic rings. The van der Waals surface area contributed by atoms with Crippen LogP contribution in [0, 0.1) is 0 Å². The highest BCUT2D eigenvalue weighted by atomic mass is 19.4. The van der Waals surface area contributed by atoms with E-state index in [0.717, 1.165) is 0 Å². The van der Waals surface area contributed by atoms with E-state index in [9.17, 15) is 57.5 Å². The Labute approximate surface area is 137 Å². The molecule has 0 spiro atoms. The van der Waals surface area contributed by atoms with Gasteiger partial charge in [0.25, 0.3) is 5.67 Å². The van der Waals surface area contributed by atoms with Crippen LogP contribution < -0.4 is 0 Å². The highest BCUT2D eigenvalue weighted by molar-refractivity contribution is 5.85. The molecule has 0 amide bonds. The van der Waals surface area contributed by atoms with Crippen molar-refractivity contribution in [1.29, 1.82) is 0 Å². The number of hydrogen-bond acceptors (Lipinski definition) is 1. The van der Waals surface area contributed by atoms with Crippen LogP contribution in [0.25, 0.3) is 0 Å². The van der Waals surface area contributed by atoms with Gasteiger partial charge < -0.3 is 5.11 Å². The molecule has 1 unspecified atom stereocenters. The van der Waals surface area contributed by atoms with E-state index in [1.165, 1.54) is 0 Å². The summed E-state index contributed by atoms with van der Waals surface area (Å²) in [5.41, 5.74) is -7.48. The fraction of sp³-hybridized carbons (Fsp3) is 0.750. The quantitative estimate of drug-likeness (QED) is 0.436. The molecule has 154 valence electrons. The van der Waals surface area contributed by atoms with Gasteiger partial charge in [-0.2, -0.15) is 48.3 Å². The third kappa shape index (κ3) is 3.59. The molecule has 14 heteroatoms. The standard InChI is InChI=1S/C12H10F12O2/c1-5(6(25)26)3-4-8(14,15)10(18,19)11(20,21)9(16,17)7(2,13)12(22,23)24/h1,3-4H2,2H3,(H,25,26). The minimum absolute atomic E-state index is 1.19. The van der Waals surface area contributed by atoms with Crippen molar-refractivity contribution in [1.82, 2.24) is 0 Å². The van der Waals surface area contributed by atoms with Gasteiger partial charge in [0, 0.05) is 12.0 Å². The molecule has 0 aromatic rings. The lowest BCUT2D eigenvalue weighted by molar-refractivity contribution is -0.412. The zero-order valence-electron chi connectivity index (χ0n) is 12.5. The molecular weight excluding hydrogens is 404 g/mol. The summed E-state index contributed by atoms with van der Waals surface area (Å²) in [7, 11) is 0. The number of carboxylic acids is 1. The molecule has 0 aliphatic carbocycles. The van der Waals surface area contributed by atoms with Gasteiger partial charge in [-0.25, -0.2) is 9.18 Å². The fourth-order valence-electron chi connectivity index (χ4n) is 1.47. The number of halogens is 12. The van der Waals surface area contributed by atoms with Gasteiger partial charge >= 0.3 is 35.8 Å². The lowest BCUT2D eigenvalue weighted by Gasteiger charge is -2.41. The van der Waals surface area contributed by atoms with E-state index in [4.69, 9.17) is 5.11 Å². The SMILES string of the molecule is C=C(CCC(F)(F)C(F)(F)C(F)(F)C(F)(F)C(C)(F)C(F)(F)F)C(=O)O. The second-order valence-corrected chi connectivity index (χ2v) is 5.34. The molecule has 0 aliphatic heterocycles. The van der Waals surface area contributed by atoms with Crippen molar-refractivity contribution in [2.45, 2.75) is 55.3 Å². The molecule has 0 saturated heterocycles. The van der Waals surface area contributed by atoms with Crippen molar-refractivity contribution in [2.24, 2.45) is 0 Å². The minimum Gasteiger partial charge on any atom is -0.478 e. The van der Waals surface area contributed by atoms with E-state index in [-0.39, 0.29) is 0 Å². The van der Waals surface area contributed by atoms with Gasteiger partial charge in [0.1, 0.15) is 0 Å². The Hall–Kier alpha value is -1.63. The van der Waals surface area contributed by atoms with Crippen molar-refractivity contribution < 1.29 is 62.6 Å². The first-order valence-corrected chi connectivity index (χ1v) is 6.26. The molecule has 26 heavy (non-hydrogen) atoms. The summed E-state index contributed by atoms with van der Waals surface area (Å²) in [4.78, 5) is 10.3. The number of carbonyl (C=O) groups is 1. The van der Waals surface area contributed by atoms with Gasteiger partial charge in [-0.05, 0) is 13.3 Å². The summed E-state index contributed by atoms with van der Waals surface area (Å²) < 4.78 is 156. The monoisotopic (exact) mass is 414 g/mol. The summed E-state index contributed by atoms with van der Waals surface area (Å²) >= 11 is 0. The smallest absolute Gasteiger partial charge is 0.428 e. The maximum Gasteiger partial charge on any atom is 0.428 e. The molecular formula is C12H10F12O2. The summed E-state index contributed by atoms with van der Waals surface area (Å²) in [6.45, 7) is 1.39. The van der Waals surface area contributed by atoms with Gasteiger partial charge in [-0.3, -0.25) is 0 Å². The van der Waals surface area contributed by atoms with Crippen LogP contribution >= 0.6 is 0 Å². The Balaban J connectivity index is 6.00. The van der Waals surface area contributed by atoms with Crippen LogP contribution in [-0.4, -0.2) is 46.6 Å². The topological polar surface area (TPSA) is 37.3 Å². The van der Waals surface area contributed by atoms with Gasteiger partial charge in [0.15, 0.2) is 0 Å². The lowest BCUT2D eigenvalue weighted by Crippen LogP contribution is -2.70. The van der Waals surface area contributed by atoms with Crippen molar-refractivity contribution >= 4 is 5.97 Å². The zero-order chi connectivity index (χ0) is 21.6. The molecule has 1 atom stereocenters. The Kier molecular flexibility index (Phi) is 6.11. The number of aliphatic carboxylic acids is 1. The highest BCUT2D eigenvalue weighted by Crippen LogP contribution is 2.60. The molecule has 2 nitrogen and oxygen atoms in total. The first-order valence-electron chi connectivity index (χ1n) is 6.26. The second kappa shape index (κ2) is 6.51. The Morgan fingerprint density at radius 3 is 1.50 bits per heavy atom. The zero-order valence-corrected chi connectivity index (χ0v) is 12.5. The Morgan fingerprint density at radius 2 is 1.19 bits per heavy atom. The van der Waals surface area contributed by atoms with Crippen LogP contribution in [0.3, 0.4) is 0 Å². The van der Waals surface area contributed by atoms with Crippen LogP contribution in [0.4, 0.5) is 52.7 Å². The van der Waals surface area contributed by atoms with E-state index < -0.39 is 66.8 Å². The average Bonchev–Trinajstić information content (AvgIpc) is 2.42. The van der Waals surface area contributed by atoms with Crippen molar-refractivity contribution in [3.8, 4) is 0 Å². The van der Waals surface area contributed by atoms with Gasteiger partial charge in [-0.15, -0.1) is 0 Å². The summed E-state index contributed by atoms with van der Waals surface area (Å²) in [5.74, 6) is -30.1.